The molecule has 194 valence electrons. The van der Waals surface area contributed by atoms with Crippen molar-refractivity contribution in [1.82, 2.24) is 9.97 Å². The number of nitriles is 1. The van der Waals surface area contributed by atoms with Crippen molar-refractivity contribution in [2.24, 2.45) is 0 Å². The van der Waals surface area contributed by atoms with Crippen LogP contribution in [0.4, 0.5) is 36.7 Å². The van der Waals surface area contributed by atoms with E-state index in [2.05, 4.69) is 9.97 Å². The lowest BCUT2D eigenvalue weighted by molar-refractivity contribution is -0.376. The minimum absolute atomic E-state index is 0.224. The van der Waals surface area contributed by atoms with Crippen LogP contribution in [0, 0.1) is 17.1 Å². The molecule has 1 saturated heterocycles. The average molecular weight is 524 g/mol. The second-order valence-electron chi connectivity index (χ2n) is 9.07. The molecule has 1 fully saturated rings. The van der Waals surface area contributed by atoms with Crippen molar-refractivity contribution in [1.29, 1.82) is 5.26 Å². The molecule has 2 aromatic carbocycles. The van der Waals surface area contributed by atoms with E-state index in [0.29, 0.717) is 23.3 Å². The van der Waals surface area contributed by atoms with Gasteiger partial charge in [-0.15, -0.1) is 0 Å². The van der Waals surface area contributed by atoms with Crippen LogP contribution in [-0.4, -0.2) is 40.5 Å². The average Bonchev–Trinajstić information content (AvgIpc) is 3.21. The SMILES string of the molecule is C[C@]1(c2ccc(F)cc2)CN(c2ncc(C#N)cn2)C[C@H]1c1ccc(C(O)(C(F)(F)F)C(F)(F)F)cc1. The molecule has 5 nitrogen and oxygen atoms in total. The zero-order chi connectivity index (χ0) is 27.2. The highest BCUT2D eigenvalue weighted by molar-refractivity contribution is 5.46. The first kappa shape index (κ1) is 26.3. The first-order valence-electron chi connectivity index (χ1n) is 10.9. The van der Waals surface area contributed by atoms with Crippen molar-refractivity contribution in [3.05, 3.63) is 89.0 Å². The highest BCUT2D eigenvalue weighted by Gasteiger charge is 2.71. The second kappa shape index (κ2) is 8.99. The Morgan fingerprint density at radius 2 is 1.49 bits per heavy atom. The Bertz CT molecular complexity index is 1290. The molecule has 12 heteroatoms. The summed E-state index contributed by atoms with van der Waals surface area (Å²) in [6, 6.07) is 11.0. The van der Waals surface area contributed by atoms with Crippen molar-refractivity contribution in [2.45, 2.75) is 36.2 Å². The standard InChI is InChI=1S/C25H19F7N4O/c1-22(17-6-8-19(26)9-7-17)14-36(21-34-11-15(10-33)12-35-21)13-20(22)16-2-4-18(5-3-16)23(37,24(27,28)29)25(30,31)32/h2-9,11-12,20,37H,13-14H2,1H3/t20-,22+/m0/s1. The van der Waals surface area contributed by atoms with Gasteiger partial charge in [0.05, 0.1) is 18.0 Å². The lowest BCUT2D eigenvalue weighted by Gasteiger charge is -2.34. The van der Waals surface area contributed by atoms with Gasteiger partial charge in [-0.2, -0.15) is 31.6 Å². The van der Waals surface area contributed by atoms with Crippen molar-refractivity contribution in [3.63, 3.8) is 0 Å². The first-order chi connectivity index (χ1) is 17.2. The summed E-state index contributed by atoms with van der Waals surface area (Å²) in [5.41, 5.74) is -5.85. The fraction of sp³-hybridized carbons (Fsp3) is 0.320. The summed E-state index contributed by atoms with van der Waals surface area (Å²) in [5, 5.41) is 18.7. The van der Waals surface area contributed by atoms with Gasteiger partial charge in [-0.05, 0) is 23.3 Å². The van der Waals surface area contributed by atoms with E-state index in [0.717, 1.165) is 12.1 Å². The Labute approximate surface area is 206 Å². The third-order valence-electron chi connectivity index (χ3n) is 6.80. The maximum atomic E-state index is 13.6. The number of hydrogen-bond donors (Lipinski definition) is 1. The minimum Gasteiger partial charge on any atom is -0.369 e. The van der Waals surface area contributed by atoms with E-state index in [1.807, 2.05) is 13.0 Å². The lowest BCUT2D eigenvalue weighted by atomic mass is 9.71. The van der Waals surface area contributed by atoms with Crippen LogP contribution in [0.15, 0.2) is 60.9 Å². The summed E-state index contributed by atoms with van der Waals surface area (Å²) < 4.78 is 93.5. The summed E-state index contributed by atoms with van der Waals surface area (Å²) in [7, 11) is 0. The third kappa shape index (κ3) is 4.48. The van der Waals surface area contributed by atoms with Gasteiger partial charge in [0.1, 0.15) is 11.9 Å². The van der Waals surface area contributed by atoms with Crippen molar-refractivity contribution < 1.29 is 35.8 Å². The fourth-order valence-corrected chi connectivity index (χ4v) is 4.73. The number of anilines is 1. The molecular formula is C25H19F7N4O. The molecular weight excluding hydrogens is 505 g/mol. The maximum Gasteiger partial charge on any atom is 0.430 e. The molecule has 1 aromatic heterocycles. The summed E-state index contributed by atoms with van der Waals surface area (Å²) in [4.78, 5) is 10.1. The molecule has 4 rings (SSSR count). The van der Waals surface area contributed by atoms with E-state index < -0.39 is 40.7 Å². The fourth-order valence-electron chi connectivity index (χ4n) is 4.73. The van der Waals surface area contributed by atoms with E-state index in [1.165, 1.54) is 24.5 Å². The maximum absolute atomic E-state index is 13.6. The summed E-state index contributed by atoms with van der Waals surface area (Å²) in [6.07, 6.45) is -9.33. The number of benzene rings is 2. The first-order valence-corrected chi connectivity index (χ1v) is 10.9. The van der Waals surface area contributed by atoms with Gasteiger partial charge in [-0.1, -0.05) is 43.3 Å². The molecule has 0 radical (unpaired) electrons. The molecule has 1 aliphatic heterocycles. The van der Waals surface area contributed by atoms with Crippen LogP contribution in [0.3, 0.4) is 0 Å². The number of aromatic nitrogens is 2. The molecule has 0 aliphatic carbocycles. The van der Waals surface area contributed by atoms with Gasteiger partial charge in [0.15, 0.2) is 0 Å². The minimum atomic E-state index is -5.99. The molecule has 0 spiro atoms. The van der Waals surface area contributed by atoms with Crippen LogP contribution >= 0.6 is 0 Å². The third-order valence-corrected chi connectivity index (χ3v) is 6.80. The lowest BCUT2D eigenvalue weighted by Crippen LogP contribution is -2.53. The Morgan fingerprint density at radius 3 is 1.97 bits per heavy atom. The molecule has 1 aliphatic rings. The Kier molecular flexibility index (Phi) is 6.40. The highest BCUT2D eigenvalue weighted by atomic mass is 19.4. The number of hydrogen-bond acceptors (Lipinski definition) is 5. The van der Waals surface area contributed by atoms with Crippen LogP contribution < -0.4 is 4.90 Å². The molecule has 0 amide bonds. The van der Waals surface area contributed by atoms with E-state index >= 15 is 0 Å². The van der Waals surface area contributed by atoms with Crippen LogP contribution in [0.5, 0.6) is 0 Å². The van der Waals surface area contributed by atoms with Gasteiger partial charge in [0.2, 0.25) is 5.95 Å². The normalized spacial score (nSPS) is 20.6. The molecule has 1 N–H and O–H groups in total. The molecule has 0 bridgehead atoms. The van der Waals surface area contributed by atoms with Gasteiger partial charge in [0, 0.05) is 30.0 Å². The largest absolute Gasteiger partial charge is 0.430 e. The second-order valence-corrected chi connectivity index (χ2v) is 9.07. The summed E-state index contributed by atoms with van der Waals surface area (Å²) >= 11 is 0. The number of rotatable bonds is 4. The summed E-state index contributed by atoms with van der Waals surface area (Å²) in [5.74, 6) is -0.691. The van der Waals surface area contributed by atoms with Crippen LogP contribution in [-0.2, 0) is 11.0 Å². The Hall–Kier alpha value is -3.72. The van der Waals surface area contributed by atoms with E-state index in [-0.39, 0.29) is 24.6 Å². The predicted octanol–water partition coefficient (Wildman–Crippen LogP) is 5.36. The quantitative estimate of drug-likeness (QED) is 0.466. The van der Waals surface area contributed by atoms with E-state index in [4.69, 9.17) is 5.26 Å². The zero-order valence-corrected chi connectivity index (χ0v) is 19.1. The van der Waals surface area contributed by atoms with Gasteiger partial charge in [0.25, 0.3) is 5.60 Å². The number of halogens is 7. The highest BCUT2D eigenvalue weighted by Crippen LogP contribution is 2.51. The van der Waals surface area contributed by atoms with Crippen LogP contribution in [0.1, 0.15) is 35.1 Å². The van der Waals surface area contributed by atoms with Gasteiger partial charge >= 0.3 is 12.4 Å². The van der Waals surface area contributed by atoms with Crippen LogP contribution in [0.25, 0.3) is 0 Å². The molecule has 0 unspecified atom stereocenters. The van der Waals surface area contributed by atoms with Crippen LogP contribution in [0.2, 0.25) is 0 Å². The molecule has 37 heavy (non-hydrogen) atoms. The van der Waals surface area contributed by atoms with E-state index in [1.54, 1.807) is 17.0 Å². The Morgan fingerprint density at radius 1 is 0.946 bits per heavy atom. The number of alkyl halides is 6. The predicted molar refractivity (Wildman–Crippen MR) is 118 cm³/mol. The molecule has 2 atom stereocenters. The molecule has 2 heterocycles. The van der Waals surface area contributed by atoms with Gasteiger partial charge < -0.3 is 10.0 Å². The number of aliphatic hydroxyl groups is 1. The molecule has 3 aromatic rings. The van der Waals surface area contributed by atoms with E-state index in [9.17, 15) is 35.8 Å². The van der Waals surface area contributed by atoms with Gasteiger partial charge in [-0.25, -0.2) is 14.4 Å². The monoisotopic (exact) mass is 524 g/mol. The topological polar surface area (TPSA) is 73.0 Å². The van der Waals surface area contributed by atoms with Gasteiger partial charge in [-0.3, -0.25) is 0 Å². The Balaban J connectivity index is 1.76. The smallest absolute Gasteiger partial charge is 0.369 e. The van der Waals surface area contributed by atoms with Crippen molar-refractivity contribution >= 4 is 5.95 Å². The van der Waals surface area contributed by atoms with Crippen molar-refractivity contribution in [2.75, 3.05) is 18.0 Å². The molecule has 0 saturated carbocycles. The number of nitrogens with zero attached hydrogens (tertiary/aromatic N) is 4. The zero-order valence-electron chi connectivity index (χ0n) is 19.1. The summed E-state index contributed by atoms with van der Waals surface area (Å²) in [6.45, 7) is 2.35. The van der Waals surface area contributed by atoms with Crippen molar-refractivity contribution in [3.8, 4) is 6.07 Å².